The standard InChI is InChI=1S/C40H24N2O/c1-2-10-24(11-3-1)25-18-19-30-33(22-25)41-32-21-20-31-38-29-15-5-4-14-28(29)36(23-37(38)43-40(31)39(30)32)42-34-16-8-6-12-26(34)27-13-7-9-17-35(27)42/h1-23,41H. The Labute approximate surface area is 246 Å². The van der Waals surface area contributed by atoms with Crippen LogP contribution in [0, 0.1) is 0 Å². The molecule has 0 atom stereocenters. The smallest absolute Gasteiger partial charge is 0.145 e. The predicted molar refractivity (Wildman–Crippen MR) is 180 cm³/mol. The summed E-state index contributed by atoms with van der Waals surface area (Å²) < 4.78 is 9.28. The largest absolute Gasteiger partial charge is 0.455 e. The zero-order valence-corrected chi connectivity index (χ0v) is 23.1. The SMILES string of the molecule is c1ccc(-c2ccc3c(c2)[nH]c2ccc4c(oc5cc(-n6c7ccccc7c7ccccc76)c6ccccc6c54)c23)cc1. The van der Waals surface area contributed by atoms with Gasteiger partial charge in [-0.3, -0.25) is 0 Å². The maximum Gasteiger partial charge on any atom is 0.145 e. The third kappa shape index (κ3) is 3.08. The summed E-state index contributed by atoms with van der Waals surface area (Å²) in [4.78, 5) is 3.67. The summed E-state index contributed by atoms with van der Waals surface area (Å²) >= 11 is 0. The van der Waals surface area contributed by atoms with Crippen molar-refractivity contribution in [2.75, 3.05) is 0 Å². The first kappa shape index (κ1) is 22.8. The van der Waals surface area contributed by atoms with E-state index in [1.165, 1.54) is 49.1 Å². The van der Waals surface area contributed by atoms with Gasteiger partial charge < -0.3 is 14.0 Å². The number of furan rings is 1. The minimum Gasteiger partial charge on any atom is -0.455 e. The molecule has 0 spiro atoms. The molecule has 7 aromatic carbocycles. The Bertz CT molecular complexity index is 2670. The lowest BCUT2D eigenvalue weighted by Gasteiger charge is -2.12. The van der Waals surface area contributed by atoms with E-state index in [0.717, 1.165) is 44.0 Å². The van der Waals surface area contributed by atoms with Crippen LogP contribution in [0.3, 0.4) is 0 Å². The molecule has 3 aromatic heterocycles. The summed E-state index contributed by atoms with van der Waals surface area (Å²) in [6, 6.07) is 49.9. The van der Waals surface area contributed by atoms with Crippen molar-refractivity contribution in [3.63, 3.8) is 0 Å². The molecular weight excluding hydrogens is 524 g/mol. The average molecular weight is 549 g/mol. The van der Waals surface area contributed by atoms with E-state index >= 15 is 0 Å². The second-order valence-electron chi connectivity index (χ2n) is 11.4. The lowest BCUT2D eigenvalue weighted by molar-refractivity contribution is 0.673. The van der Waals surface area contributed by atoms with Crippen LogP contribution in [0.5, 0.6) is 0 Å². The van der Waals surface area contributed by atoms with E-state index in [2.05, 4.69) is 149 Å². The van der Waals surface area contributed by atoms with Crippen LogP contribution in [0.2, 0.25) is 0 Å². The van der Waals surface area contributed by atoms with Crippen molar-refractivity contribution in [2.45, 2.75) is 0 Å². The molecule has 0 radical (unpaired) electrons. The molecule has 200 valence electrons. The van der Waals surface area contributed by atoms with Gasteiger partial charge in [-0.15, -0.1) is 0 Å². The van der Waals surface area contributed by atoms with Gasteiger partial charge in [0.25, 0.3) is 0 Å². The second kappa shape index (κ2) is 8.37. The van der Waals surface area contributed by atoms with Crippen molar-refractivity contribution >= 4 is 76.3 Å². The normalized spacial score (nSPS) is 12.2. The first-order valence-corrected chi connectivity index (χ1v) is 14.7. The number of aromatic amines is 1. The lowest BCUT2D eigenvalue weighted by Crippen LogP contribution is -1.95. The zero-order valence-electron chi connectivity index (χ0n) is 23.1. The molecule has 3 nitrogen and oxygen atoms in total. The number of H-pyrrole nitrogens is 1. The van der Waals surface area contributed by atoms with E-state index in [1.807, 2.05) is 0 Å². The highest BCUT2D eigenvalue weighted by atomic mass is 16.3. The molecule has 0 unspecified atom stereocenters. The summed E-state index contributed by atoms with van der Waals surface area (Å²) in [5, 5.41) is 9.51. The number of rotatable bonds is 2. The van der Waals surface area contributed by atoms with E-state index in [0.29, 0.717) is 0 Å². The fourth-order valence-corrected chi connectivity index (χ4v) is 7.24. The highest BCUT2D eigenvalue weighted by Crippen LogP contribution is 2.44. The minimum absolute atomic E-state index is 0.897. The molecule has 0 aliphatic rings. The third-order valence-electron chi connectivity index (χ3n) is 9.11. The van der Waals surface area contributed by atoms with Gasteiger partial charge >= 0.3 is 0 Å². The van der Waals surface area contributed by atoms with E-state index in [4.69, 9.17) is 4.42 Å². The van der Waals surface area contributed by atoms with Crippen molar-refractivity contribution < 1.29 is 4.42 Å². The number of nitrogens with zero attached hydrogens (tertiary/aromatic N) is 1. The van der Waals surface area contributed by atoms with Crippen LogP contribution in [-0.2, 0) is 0 Å². The summed E-state index contributed by atoms with van der Waals surface area (Å²) in [5.41, 5.74) is 9.93. The number of para-hydroxylation sites is 2. The summed E-state index contributed by atoms with van der Waals surface area (Å²) in [6.07, 6.45) is 0. The summed E-state index contributed by atoms with van der Waals surface area (Å²) in [5.74, 6) is 0. The van der Waals surface area contributed by atoms with E-state index in [1.54, 1.807) is 0 Å². The van der Waals surface area contributed by atoms with Crippen molar-refractivity contribution in [1.29, 1.82) is 0 Å². The first-order chi connectivity index (χ1) is 21.3. The summed E-state index contributed by atoms with van der Waals surface area (Å²) in [7, 11) is 0. The Morgan fingerprint density at radius 1 is 0.442 bits per heavy atom. The molecule has 10 rings (SSSR count). The minimum atomic E-state index is 0.897. The Kier molecular flexibility index (Phi) is 4.45. The van der Waals surface area contributed by atoms with Gasteiger partial charge in [-0.05, 0) is 46.8 Å². The van der Waals surface area contributed by atoms with Crippen LogP contribution >= 0.6 is 0 Å². The number of benzene rings is 7. The van der Waals surface area contributed by atoms with Crippen LogP contribution in [-0.4, -0.2) is 9.55 Å². The number of hydrogen-bond donors (Lipinski definition) is 1. The number of nitrogens with one attached hydrogen (secondary N) is 1. The van der Waals surface area contributed by atoms with Crippen LogP contribution in [0.15, 0.2) is 144 Å². The molecular formula is C40H24N2O. The van der Waals surface area contributed by atoms with Gasteiger partial charge in [0, 0.05) is 43.9 Å². The molecule has 0 bridgehead atoms. The number of hydrogen-bond acceptors (Lipinski definition) is 1. The quantitative estimate of drug-likeness (QED) is 0.229. The van der Waals surface area contributed by atoms with E-state index in [9.17, 15) is 0 Å². The molecule has 0 fully saturated rings. The maximum atomic E-state index is 6.88. The summed E-state index contributed by atoms with van der Waals surface area (Å²) in [6.45, 7) is 0. The van der Waals surface area contributed by atoms with Crippen LogP contribution in [0.1, 0.15) is 0 Å². The molecule has 0 aliphatic heterocycles. The Morgan fingerprint density at radius 2 is 1.09 bits per heavy atom. The van der Waals surface area contributed by atoms with Gasteiger partial charge in [-0.2, -0.15) is 0 Å². The van der Waals surface area contributed by atoms with E-state index in [-0.39, 0.29) is 0 Å². The molecule has 10 aromatic rings. The van der Waals surface area contributed by atoms with E-state index < -0.39 is 0 Å². The van der Waals surface area contributed by atoms with Gasteiger partial charge in [0.05, 0.1) is 27.6 Å². The third-order valence-corrected chi connectivity index (χ3v) is 9.11. The Morgan fingerprint density at radius 3 is 1.86 bits per heavy atom. The second-order valence-corrected chi connectivity index (χ2v) is 11.4. The van der Waals surface area contributed by atoms with Gasteiger partial charge in [-0.1, -0.05) is 103 Å². The Balaban J connectivity index is 1.31. The fourth-order valence-electron chi connectivity index (χ4n) is 7.24. The van der Waals surface area contributed by atoms with Crippen LogP contribution in [0.25, 0.3) is 93.1 Å². The molecule has 43 heavy (non-hydrogen) atoms. The average Bonchev–Trinajstić information content (AvgIpc) is 3.73. The molecule has 1 N–H and O–H groups in total. The Hall–Kier alpha value is -5.80. The van der Waals surface area contributed by atoms with Crippen molar-refractivity contribution in [3.8, 4) is 16.8 Å². The van der Waals surface area contributed by atoms with Gasteiger partial charge in [0.1, 0.15) is 11.2 Å². The van der Waals surface area contributed by atoms with Gasteiger partial charge in [-0.25, -0.2) is 0 Å². The lowest BCUT2D eigenvalue weighted by atomic mass is 10.00. The van der Waals surface area contributed by atoms with Gasteiger partial charge in [0.2, 0.25) is 0 Å². The van der Waals surface area contributed by atoms with Crippen molar-refractivity contribution in [2.24, 2.45) is 0 Å². The number of aromatic nitrogens is 2. The molecule has 3 heterocycles. The monoisotopic (exact) mass is 548 g/mol. The molecule has 0 aliphatic carbocycles. The zero-order chi connectivity index (χ0) is 28.1. The highest BCUT2D eigenvalue weighted by molar-refractivity contribution is 6.28. The molecule has 0 saturated carbocycles. The topological polar surface area (TPSA) is 33.9 Å². The molecule has 0 amide bonds. The maximum absolute atomic E-state index is 6.88. The number of fused-ring (bicyclic) bond motifs is 12. The first-order valence-electron chi connectivity index (χ1n) is 14.7. The molecule has 0 saturated heterocycles. The highest BCUT2D eigenvalue weighted by Gasteiger charge is 2.20. The van der Waals surface area contributed by atoms with Crippen LogP contribution in [0.4, 0.5) is 0 Å². The van der Waals surface area contributed by atoms with Crippen molar-refractivity contribution in [3.05, 3.63) is 140 Å². The van der Waals surface area contributed by atoms with Gasteiger partial charge in [0.15, 0.2) is 0 Å². The predicted octanol–water partition coefficient (Wildman–Crippen LogP) is 11.1. The van der Waals surface area contributed by atoms with Crippen molar-refractivity contribution in [1.82, 2.24) is 9.55 Å². The van der Waals surface area contributed by atoms with Crippen LogP contribution < -0.4 is 0 Å². The fraction of sp³-hybridized carbons (Fsp3) is 0. The molecule has 3 heteroatoms.